The van der Waals surface area contributed by atoms with Gasteiger partial charge in [-0.2, -0.15) is 0 Å². The fourth-order valence-electron chi connectivity index (χ4n) is 7.53. The van der Waals surface area contributed by atoms with Crippen LogP contribution in [0.15, 0.2) is 53.1 Å². The van der Waals surface area contributed by atoms with Crippen molar-refractivity contribution in [2.45, 2.75) is 83.0 Å². The van der Waals surface area contributed by atoms with Crippen LogP contribution in [0.4, 0.5) is 15.3 Å². The minimum absolute atomic E-state index is 0.00135. The van der Waals surface area contributed by atoms with E-state index in [0.717, 1.165) is 48.6 Å². The molecule has 1 aromatic carbocycles. The molecule has 5 amide bonds. The Balaban J connectivity index is 1.08. The van der Waals surface area contributed by atoms with E-state index in [1.807, 2.05) is 53.1 Å². The summed E-state index contributed by atoms with van der Waals surface area (Å²) < 4.78 is 0. The zero-order chi connectivity index (χ0) is 31.9. The molecule has 0 aromatic heterocycles. The zero-order valence-electron chi connectivity index (χ0n) is 27.3. The van der Waals surface area contributed by atoms with Gasteiger partial charge in [-0.3, -0.25) is 9.79 Å². The number of nitrogens with one attached hydrogen (secondary N) is 3. The van der Waals surface area contributed by atoms with Crippen molar-refractivity contribution in [3.63, 3.8) is 0 Å². The zero-order valence-corrected chi connectivity index (χ0v) is 27.3. The van der Waals surface area contributed by atoms with Gasteiger partial charge in [0.05, 0.1) is 12.4 Å². The molecule has 0 spiro atoms. The summed E-state index contributed by atoms with van der Waals surface area (Å²) in [7, 11) is 0. The fraction of sp³-hybridized carbons (Fsp3) is 0.600. The Morgan fingerprint density at radius 1 is 0.957 bits per heavy atom. The van der Waals surface area contributed by atoms with E-state index in [2.05, 4.69) is 31.9 Å². The largest absolute Gasteiger partial charge is 0.371 e. The van der Waals surface area contributed by atoms with Gasteiger partial charge in [-0.15, -0.1) is 0 Å². The number of allylic oxidation sites excluding steroid dienone is 1. The van der Waals surface area contributed by atoms with Crippen LogP contribution in [0.25, 0.3) is 0 Å². The lowest BCUT2D eigenvalue weighted by molar-refractivity contribution is -0.134. The standard InChI is InChI=1S/C35H50N8O3/c1-26-36-16-7-8-27(11-17-37-26)24-32(33(44)41-20-12-29(13-21-41)40-18-5-2-6-19-40)39-34(45)42-22-14-30(15-23-42)43-25-28-9-3-4-10-31(28)38-35(43)46/h3-4,7-11,29-30,32H,2,5-6,12-25H2,1H3,(H,36,37)(H,38,46)(H,39,45)/b8-7-,27-11+/t32-/m1/s1. The molecule has 0 aliphatic carbocycles. The van der Waals surface area contributed by atoms with Gasteiger partial charge in [0.15, 0.2) is 0 Å². The van der Waals surface area contributed by atoms with Crippen LogP contribution in [-0.2, 0) is 11.3 Å². The van der Waals surface area contributed by atoms with Crippen molar-refractivity contribution in [3.05, 3.63) is 53.6 Å². The SMILES string of the molecule is CC1=NC/C=C\C(C[C@@H](NC(=O)N2CCC(N3Cc4ccccc4NC3=O)CC2)C(=O)N2CCC(N3CCCCC3)CC2)=C/CN1. The normalized spacial score (nSPS) is 24.5. The molecule has 11 heteroatoms. The Morgan fingerprint density at radius 3 is 2.46 bits per heavy atom. The minimum atomic E-state index is -0.653. The predicted molar refractivity (Wildman–Crippen MR) is 181 cm³/mol. The number of para-hydroxylation sites is 1. The van der Waals surface area contributed by atoms with Crippen LogP contribution in [0.5, 0.6) is 0 Å². The number of rotatable bonds is 6. The molecule has 0 saturated carbocycles. The van der Waals surface area contributed by atoms with Gasteiger partial charge in [-0.05, 0) is 75.7 Å². The third-order valence-corrected chi connectivity index (χ3v) is 10.3. The Hall–Kier alpha value is -3.86. The first kappa shape index (κ1) is 32.1. The summed E-state index contributed by atoms with van der Waals surface area (Å²) in [4.78, 5) is 53.4. The van der Waals surface area contributed by atoms with E-state index < -0.39 is 6.04 Å². The maximum absolute atomic E-state index is 14.1. The number of urea groups is 2. The van der Waals surface area contributed by atoms with Crippen LogP contribution in [0.2, 0.25) is 0 Å². The quantitative estimate of drug-likeness (QED) is 0.441. The second-order valence-corrected chi connectivity index (χ2v) is 13.3. The third-order valence-electron chi connectivity index (χ3n) is 10.3. The third kappa shape index (κ3) is 7.92. The summed E-state index contributed by atoms with van der Waals surface area (Å²) in [6, 6.07) is 7.56. The van der Waals surface area contributed by atoms with Crippen LogP contribution in [0.3, 0.4) is 0 Å². The van der Waals surface area contributed by atoms with Gasteiger partial charge in [-0.25, -0.2) is 9.59 Å². The molecule has 5 aliphatic heterocycles. The molecule has 6 rings (SSSR count). The van der Waals surface area contributed by atoms with E-state index >= 15 is 0 Å². The fourth-order valence-corrected chi connectivity index (χ4v) is 7.53. The van der Waals surface area contributed by atoms with E-state index in [9.17, 15) is 14.4 Å². The second-order valence-electron chi connectivity index (χ2n) is 13.3. The molecule has 3 fully saturated rings. The Labute approximate surface area is 273 Å². The van der Waals surface area contributed by atoms with Crippen molar-refractivity contribution in [2.75, 3.05) is 57.7 Å². The number of benzene rings is 1. The lowest BCUT2D eigenvalue weighted by atomic mass is 9.98. The summed E-state index contributed by atoms with van der Waals surface area (Å²) in [5.41, 5.74) is 2.98. The van der Waals surface area contributed by atoms with Gasteiger partial charge in [0.25, 0.3) is 0 Å². The monoisotopic (exact) mass is 630 g/mol. The molecule has 11 nitrogen and oxygen atoms in total. The van der Waals surface area contributed by atoms with E-state index in [4.69, 9.17) is 0 Å². The van der Waals surface area contributed by atoms with E-state index in [1.54, 1.807) is 4.90 Å². The number of amidine groups is 1. The molecule has 0 unspecified atom stereocenters. The highest BCUT2D eigenvalue weighted by Gasteiger charge is 2.35. The molecular formula is C35H50N8O3. The molecule has 0 radical (unpaired) electrons. The molecule has 3 N–H and O–H groups in total. The van der Waals surface area contributed by atoms with E-state index in [-0.39, 0.29) is 24.0 Å². The highest BCUT2D eigenvalue weighted by atomic mass is 16.2. The Morgan fingerprint density at radius 2 is 1.67 bits per heavy atom. The minimum Gasteiger partial charge on any atom is -0.371 e. The second kappa shape index (κ2) is 15.2. The van der Waals surface area contributed by atoms with Crippen LogP contribution >= 0.6 is 0 Å². The molecule has 3 saturated heterocycles. The first-order valence-corrected chi connectivity index (χ1v) is 17.3. The highest BCUT2D eigenvalue weighted by Crippen LogP contribution is 2.28. The maximum atomic E-state index is 14.1. The van der Waals surface area contributed by atoms with Crippen molar-refractivity contribution in [1.29, 1.82) is 0 Å². The van der Waals surface area contributed by atoms with Crippen molar-refractivity contribution in [2.24, 2.45) is 4.99 Å². The molecule has 248 valence electrons. The number of likely N-dealkylation sites (tertiary alicyclic amines) is 3. The van der Waals surface area contributed by atoms with Crippen molar-refractivity contribution < 1.29 is 14.4 Å². The Bertz CT molecular complexity index is 1340. The molecule has 46 heavy (non-hydrogen) atoms. The molecule has 5 aliphatic rings. The highest BCUT2D eigenvalue weighted by molar-refractivity contribution is 5.92. The first-order chi connectivity index (χ1) is 22.4. The summed E-state index contributed by atoms with van der Waals surface area (Å²) >= 11 is 0. The van der Waals surface area contributed by atoms with Crippen LogP contribution in [0.1, 0.15) is 63.9 Å². The van der Waals surface area contributed by atoms with Crippen molar-refractivity contribution in [3.8, 4) is 0 Å². The molecule has 0 bridgehead atoms. The number of carbonyl (C=O) groups excluding carboxylic acids is 3. The van der Waals surface area contributed by atoms with Crippen molar-refractivity contribution in [1.82, 2.24) is 30.2 Å². The molecule has 1 aromatic rings. The molecule has 1 atom stereocenters. The van der Waals surface area contributed by atoms with Gasteiger partial charge >= 0.3 is 12.1 Å². The average molecular weight is 631 g/mol. The van der Waals surface area contributed by atoms with Crippen LogP contribution < -0.4 is 16.0 Å². The van der Waals surface area contributed by atoms with Crippen LogP contribution in [0, 0.1) is 0 Å². The summed E-state index contributed by atoms with van der Waals surface area (Å²) in [5, 5.41) is 9.46. The number of nitrogens with zero attached hydrogens (tertiary/aromatic N) is 5. The predicted octanol–water partition coefficient (Wildman–Crippen LogP) is 3.95. The van der Waals surface area contributed by atoms with Crippen LogP contribution in [-0.4, -0.2) is 114 Å². The number of amides is 5. The topological polar surface area (TPSA) is 113 Å². The van der Waals surface area contributed by atoms with Gasteiger partial charge < -0.3 is 35.6 Å². The van der Waals surface area contributed by atoms with E-state index in [0.29, 0.717) is 58.0 Å². The molecular weight excluding hydrogens is 580 g/mol. The maximum Gasteiger partial charge on any atom is 0.322 e. The number of aliphatic imine (C=N–C) groups is 1. The first-order valence-electron chi connectivity index (χ1n) is 17.3. The number of hydrogen-bond donors (Lipinski definition) is 3. The van der Waals surface area contributed by atoms with Gasteiger partial charge in [-0.1, -0.05) is 42.8 Å². The number of hydrogen-bond acceptors (Lipinski definition) is 6. The van der Waals surface area contributed by atoms with Crippen molar-refractivity contribution >= 4 is 29.5 Å². The van der Waals surface area contributed by atoms with E-state index in [1.165, 1.54) is 32.4 Å². The number of anilines is 1. The Kier molecular flexibility index (Phi) is 10.6. The summed E-state index contributed by atoms with van der Waals surface area (Å²) in [6.07, 6.45) is 13.8. The smallest absolute Gasteiger partial charge is 0.322 e. The molecule has 5 heterocycles. The lowest BCUT2D eigenvalue weighted by Gasteiger charge is -2.42. The summed E-state index contributed by atoms with van der Waals surface area (Å²) in [5.74, 6) is 0.882. The lowest BCUT2D eigenvalue weighted by Crippen LogP contribution is -2.57. The number of carbonyl (C=O) groups is 3. The number of piperidine rings is 3. The van der Waals surface area contributed by atoms with Gasteiger partial charge in [0, 0.05) is 63.5 Å². The van der Waals surface area contributed by atoms with Gasteiger partial charge in [0.1, 0.15) is 6.04 Å². The summed E-state index contributed by atoms with van der Waals surface area (Å²) in [6.45, 7) is 8.57. The average Bonchev–Trinajstić information content (AvgIpc) is 3.19. The number of fused-ring (bicyclic) bond motifs is 1. The van der Waals surface area contributed by atoms with Gasteiger partial charge in [0.2, 0.25) is 5.91 Å².